The first-order chi connectivity index (χ1) is 4.88. The molecule has 0 aromatic heterocycles. The largest absolute Gasteiger partial charge is 0.325 e. The van der Waals surface area contributed by atoms with Gasteiger partial charge in [0.05, 0.1) is 0 Å². The molecule has 3 atom stereocenters. The van der Waals surface area contributed by atoms with Crippen LogP contribution in [0.5, 0.6) is 0 Å². The molecule has 2 radical (unpaired) electrons. The summed E-state index contributed by atoms with van der Waals surface area (Å²) in [5.74, 6) is 3.10. The van der Waals surface area contributed by atoms with Crippen LogP contribution in [0.25, 0.3) is 0 Å². The molecular weight excluding hydrogens is 298 g/mol. The van der Waals surface area contributed by atoms with E-state index < -0.39 is 0 Å². The summed E-state index contributed by atoms with van der Waals surface area (Å²) in [7, 11) is 0. The van der Waals surface area contributed by atoms with Crippen LogP contribution in [0.15, 0.2) is 0 Å². The van der Waals surface area contributed by atoms with Gasteiger partial charge in [-0.25, -0.2) is 0 Å². The van der Waals surface area contributed by atoms with Crippen molar-refractivity contribution in [1.82, 2.24) is 0 Å². The Morgan fingerprint density at radius 3 is 2.42 bits per heavy atom. The fourth-order valence-corrected chi connectivity index (χ4v) is 2.79. The quantitative estimate of drug-likeness (QED) is 0.603. The maximum Gasteiger partial charge on any atom is 0 e. The Morgan fingerprint density at radius 1 is 1.08 bits per heavy atom. The van der Waals surface area contributed by atoms with Crippen molar-refractivity contribution in [3.05, 3.63) is 6.42 Å². The van der Waals surface area contributed by atoms with Crippen molar-refractivity contribution in [2.24, 2.45) is 17.8 Å². The van der Waals surface area contributed by atoms with Gasteiger partial charge in [0.2, 0.25) is 0 Å². The second-order valence-electron chi connectivity index (χ2n) is 4.04. The van der Waals surface area contributed by atoms with Crippen LogP contribution in [0.1, 0.15) is 39.0 Å². The monoisotopic (exact) mass is 315 g/mol. The van der Waals surface area contributed by atoms with Crippen LogP contribution in [0.3, 0.4) is 0 Å². The first-order valence-corrected chi connectivity index (χ1v) is 4.71. The van der Waals surface area contributed by atoms with Gasteiger partial charge in [-0.2, -0.15) is 12.3 Å². The molecule has 0 amide bonds. The molecule has 0 aromatic rings. The van der Waals surface area contributed by atoms with Gasteiger partial charge in [0.25, 0.3) is 0 Å². The van der Waals surface area contributed by atoms with E-state index in [1.54, 1.807) is 0 Å². The van der Waals surface area contributed by atoms with Crippen molar-refractivity contribution in [3.63, 3.8) is 0 Å². The smallest absolute Gasteiger partial charge is 0 e. The van der Waals surface area contributed by atoms with E-state index in [0.717, 1.165) is 17.8 Å². The second-order valence-corrected chi connectivity index (χ2v) is 4.04. The van der Waals surface area contributed by atoms with E-state index in [1.807, 2.05) is 0 Å². The third-order valence-corrected chi connectivity index (χ3v) is 3.45. The number of rotatable bonds is 0. The minimum absolute atomic E-state index is 0. The summed E-state index contributed by atoms with van der Waals surface area (Å²) in [6.07, 6.45) is 10.0. The van der Waals surface area contributed by atoms with Crippen LogP contribution in [0, 0.1) is 24.2 Å². The van der Waals surface area contributed by atoms with E-state index >= 15 is 0 Å². The molecule has 2 saturated carbocycles. The van der Waals surface area contributed by atoms with E-state index in [-0.39, 0.29) is 65.4 Å². The van der Waals surface area contributed by atoms with Gasteiger partial charge < -0.3 is 6.42 Å². The third-order valence-electron chi connectivity index (χ3n) is 3.45. The summed E-state index contributed by atoms with van der Waals surface area (Å²) in [6.45, 7) is 2.40. The molecule has 2 aliphatic rings. The van der Waals surface area contributed by atoms with E-state index in [0.29, 0.717) is 0 Å². The molecule has 2 aliphatic carbocycles. The van der Waals surface area contributed by atoms with Crippen molar-refractivity contribution < 1.29 is 65.4 Å². The molecule has 2 fully saturated rings. The topological polar surface area (TPSA) is 0 Å². The fourth-order valence-electron chi connectivity index (χ4n) is 2.79. The fraction of sp³-hybridized carbons (Fsp3) is 0.900. The summed E-state index contributed by atoms with van der Waals surface area (Å²) >= 11 is 0. The first-order valence-electron chi connectivity index (χ1n) is 4.71. The molecule has 0 bridgehead atoms. The third kappa shape index (κ3) is 3.11. The predicted octanol–water partition coefficient (Wildman–Crippen LogP) is 3.03. The zero-order valence-electron chi connectivity index (χ0n) is 8.00. The molecule has 0 aromatic carbocycles. The van der Waals surface area contributed by atoms with Gasteiger partial charge in [0, 0.05) is 65.4 Å². The normalized spacial score (nSPS) is 39.2. The Labute approximate surface area is 127 Å². The van der Waals surface area contributed by atoms with Crippen LogP contribution in [0.4, 0.5) is 0 Å². The van der Waals surface area contributed by atoms with Gasteiger partial charge in [-0.05, 0) is 0 Å². The molecule has 0 aliphatic heterocycles. The zero-order valence-corrected chi connectivity index (χ0v) is 13.7. The van der Waals surface area contributed by atoms with Crippen molar-refractivity contribution in [1.29, 1.82) is 0 Å². The molecule has 3 unspecified atom stereocenters. The molecule has 2 heteroatoms. The maximum absolute atomic E-state index is 2.54. The molecule has 64 valence electrons. The van der Waals surface area contributed by atoms with Gasteiger partial charge in [-0.3, -0.25) is 0 Å². The first kappa shape index (κ1) is 14.2. The number of fused-ring (bicyclic) bond motifs is 1. The Kier molecular flexibility index (Phi) is 7.87. The average molecular weight is 315 g/mol. The summed E-state index contributed by atoms with van der Waals surface area (Å²) in [5, 5.41) is 0. The van der Waals surface area contributed by atoms with E-state index in [1.165, 1.54) is 32.1 Å². The molecule has 0 nitrogen and oxygen atoms in total. The summed E-state index contributed by atoms with van der Waals surface area (Å²) in [5.41, 5.74) is 0. The number of hydrogen-bond acceptors (Lipinski definition) is 0. The van der Waals surface area contributed by atoms with Crippen molar-refractivity contribution >= 4 is 0 Å². The molecular formula is C10H17Y2-. The van der Waals surface area contributed by atoms with Gasteiger partial charge in [-0.1, -0.05) is 44.4 Å². The minimum atomic E-state index is 0. The van der Waals surface area contributed by atoms with Gasteiger partial charge >= 0.3 is 0 Å². The molecule has 0 spiro atoms. The van der Waals surface area contributed by atoms with E-state index in [2.05, 4.69) is 13.3 Å². The maximum atomic E-state index is 2.54. The van der Waals surface area contributed by atoms with Gasteiger partial charge in [0.1, 0.15) is 0 Å². The van der Waals surface area contributed by atoms with Crippen LogP contribution in [-0.2, 0) is 65.4 Å². The summed E-state index contributed by atoms with van der Waals surface area (Å²) in [4.78, 5) is 0. The van der Waals surface area contributed by atoms with Crippen LogP contribution < -0.4 is 0 Å². The van der Waals surface area contributed by atoms with Crippen LogP contribution in [0.2, 0.25) is 0 Å². The van der Waals surface area contributed by atoms with Crippen molar-refractivity contribution in [2.75, 3.05) is 0 Å². The molecule has 0 saturated heterocycles. The Balaban J connectivity index is 0.000000605. The van der Waals surface area contributed by atoms with E-state index in [9.17, 15) is 0 Å². The molecule has 0 N–H and O–H groups in total. The van der Waals surface area contributed by atoms with Gasteiger partial charge in [-0.15, -0.1) is 0 Å². The Morgan fingerprint density at radius 2 is 1.75 bits per heavy atom. The average Bonchev–Trinajstić information content (AvgIpc) is 2.34. The molecule has 0 heterocycles. The second kappa shape index (κ2) is 6.65. The standard InChI is InChI=1S/C10H17.2Y/c1-8-6-7-9-4-2-3-5-10(8)9;;/h6,8-10H,2-5,7H2,1H3;;/q-1;;. The van der Waals surface area contributed by atoms with Crippen LogP contribution in [-0.4, -0.2) is 0 Å². The van der Waals surface area contributed by atoms with Crippen molar-refractivity contribution in [3.8, 4) is 0 Å². The Hall–Kier alpha value is 2.21. The SMILES string of the molecule is CC1[CH-]CC2CCCCC12.[Y].[Y]. The molecule has 2 rings (SSSR count). The summed E-state index contributed by atoms with van der Waals surface area (Å²) < 4.78 is 0. The zero-order chi connectivity index (χ0) is 6.97. The summed E-state index contributed by atoms with van der Waals surface area (Å²) in [6, 6.07) is 0. The molecule has 12 heavy (non-hydrogen) atoms. The predicted molar refractivity (Wildman–Crippen MR) is 43.5 cm³/mol. The minimum Gasteiger partial charge on any atom is -0.325 e. The van der Waals surface area contributed by atoms with Gasteiger partial charge in [0.15, 0.2) is 0 Å². The van der Waals surface area contributed by atoms with Crippen molar-refractivity contribution in [2.45, 2.75) is 39.0 Å². The Bertz CT molecular complexity index is 123. The van der Waals surface area contributed by atoms with E-state index in [4.69, 9.17) is 0 Å². The number of hydrogen-bond donors (Lipinski definition) is 0. The van der Waals surface area contributed by atoms with Crippen LogP contribution >= 0.6 is 0 Å².